The number of carbonyl (C=O) groups is 1. The van der Waals surface area contributed by atoms with E-state index in [1.165, 1.54) is 6.08 Å². The number of ether oxygens (including phenoxy) is 2. The van der Waals surface area contributed by atoms with Gasteiger partial charge in [-0.05, 0) is 43.3 Å². The minimum atomic E-state index is -0.430. The van der Waals surface area contributed by atoms with Crippen molar-refractivity contribution in [1.29, 1.82) is 0 Å². The fraction of sp³-hybridized carbons (Fsp3) is 0.118. The average molecular weight is 347 g/mol. The maximum atomic E-state index is 11.8. The number of benzene rings is 2. The third-order valence-electron chi connectivity index (χ3n) is 2.83. The van der Waals surface area contributed by atoms with E-state index in [1.807, 2.05) is 37.3 Å². The number of hydrogen-bond acceptors (Lipinski definition) is 3. The lowest BCUT2D eigenvalue weighted by Crippen LogP contribution is -2.03. The number of carbonyl (C=O) groups excluding carboxylic acids is 1. The van der Waals surface area contributed by atoms with Crippen LogP contribution in [0, 0.1) is 6.92 Å². The number of halogens is 1. The Kier molecular flexibility index (Phi) is 5.17. The van der Waals surface area contributed by atoms with Crippen LogP contribution >= 0.6 is 15.9 Å². The lowest BCUT2D eigenvalue weighted by Gasteiger charge is -2.05. The van der Waals surface area contributed by atoms with Crippen LogP contribution in [0.2, 0.25) is 0 Å². The molecule has 2 aromatic rings. The first kappa shape index (κ1) is 15.3. The zero-order valence-corrected chi connectivity index (χ0v) is 13.4. The third kappa shape index (κ3) is 4.46. The Balaban J connectivity index is 2.08. The van der Waals surface area contributed by atoms with Crippen molar-refractivity contribution in [3.8, 4) is 11.5 Å². The molecule has 0 aliphatic rings. The van der Waals surface area contributed by atoms with Gasteiger partial charge in [0.25, 0.3) is 0 Å². The van der Waals surface area contributed by atoms with E-state index in [9.17, 15) is 4.79 Å². The molecule has 0 N–H and O–H groups in total. The highest BCUT2D eigenvalue weighted by molar-refractivity contribution is 9.10. The second-order valence-corrected chi connectivity index (χ2v) is 5.37. The van der Waals surface area contributed by atoms with Crippen LogP contribution < -0.4 is 9.47 Å². The summed E-state index contributed by atoms with van der Waals surface area (Å²) in [5, 5.41) is 0. The molecule has 2 aromatic carbocycles. The van der Waals surface area contributed by atoms with E-state index in [0.717, 1.165) is 15.6 Å². The van der Waals surface area contributed by atoms with Gasteiger partial charge in [-0.15, -0.1) is 0 Å². The van der Waals surface area contributed by atoms with E-state index >= 15 is 0 Å². The van der Waals surface area contributed by atoms with E-state index in [0.29, 0.717) is 11.5 Å². The maximum Gasteiger partial charge on any atom is 0.336 e. The third-order valence-corrected chi connectivity index (χ3v) is 3.32. The van der Waals surface area contributed by atoms with E-state index < -0.39 is 5.97 Å². The fourth-order valence-corrected chi connectivity index (χ4v) is 2.13. The number of hydrogen-bond donors (Lipinski definition) is 0. The summed E-state index contributed by atoms with van der Waals surface area (Å²) in [6, 6.07) is 12.9. The van der Waals surface area contributed by atoms with E-state index in [1.54, 1.807) is 25.3 Å². The quantitative estimate of drug-likeness (QED) is 0.468. The summed E-state index contributed by atoms with van der Waals surface area (Å²) in [7, 11) is 1.59. The first-order valence-electron chi connectivity index (χ1n) is 6.38. The zero-order chi connectivity index (χ0) is 15.2. The van der Waals surface area contributed by atoms with Crippen LogP contribution in [0.15, 0.2) is 53.0 Å². The molecule has 0 aromatic heterocycles. The van der Waals surface area contributed by atoms with Crippen molar-refractivity contribution in [3.05, 3.63) is 64.1 Å². The fourth-order valence-electron chi connectivity index (χ4n) is 1.75. The number of methoxy groups -OCH3 is 1. The molecule has 0 unspecified atom stereocenters. The van der Waals surface area contributed by atoms with Gasteiger partial charge in [-0.2, -0.15) is 0 Å². The summed E-state index contributed by atoms with van der Waals surface area (Å²) >= 11 is 3.39. The van der Waals surface area contributed by atoms with Gasteiger partial charge in [0.2, 0.25) is 0 Å². The Morgan fingerprint density at radius 2 is 1.86 bits per heavy atom. The Hall–Kier alpha value is -2.07. The van der Waals surface area contributed by atoms with E-state index in [4.69, 9.17) is 9.47 Å². The van der Waals surface area contributed by atoms with Gasteiger partial charge in [-0.3, -0.25) is 0 Å². The molecular formula is C17H15BrO3. The minimum absolute atomic E-state index is 0.430. The van der Waals surface area contributed by atoms with Crippen LogP contribution in [0.25, 0.3) is 6.08 Å². The summed E-state index contributed by atoms with van der Waals surface area (Å²) in [4.78, 5) is 11.8. The number of rotatable bonds is 4. The summed E-state index contributed by atoms with van der Waals surface area (Å²) in [6.07, 6.45) is 3.05. The van der Waals surface area contributed by atoms with Gasteiger partial charge >= 0.3 is 5.97 Å². The predicted molar refractivity (Wildman–Crippen MR) is 86.5 cm³/mol. The Labute approximate surface area is 132 Å². The molecule has 0 aliphatic carbocycles. The monoisotopic (exact) mass is 346 g/mol. The van der Waals surface area contributed by atoms with Crippen LogP contribution in [0.1, 0.15) is 11.1 Å². The molecule has 0 fully saturated rings. The molecule has 0 spiro atoms. The standard InChI is InChI=1S/C17H15BrO3/c1-12-3-7-15(8-4-12)21-17(19)10-5-13-11-14(18)6-9-16(13)20-2/h3-11H,1-2H3/b10-5+. The molecule has 0 bridgehead atoms. The van der Waals surface area contributed by atoms with Gasteiger partial charge in [0.1, 0.15) is 11.5 Å². The van der Waals surface area contributed by atoms with Crippen molar-refractivity contribution in [2.45, 2.75) is 6.92 Å². The normalized spacial score (nSPS) is 10.6. The van der Waals surface area contributed by atoms with E-state index in [2.05, 4.69) is 15.9 Å². The topological polar surface area (TPSA) is 35.5 Å². The molecule has 108 valence electrons. The minimum Gasteiger partial charge on any atom is -0.496 e. The first-order valence-corrected chi connectivity index (χ1v) is 7.18. The molecular weight excluding hydrogens is 332 g/mol. The first-order chi connectivity index (χ1) is 10.1. The molecule has 0 aliphatic heterocycles. The van der Waals surface area contributed by atoms with Crippen LogP contribution in [0.5, 0.6) is 11.5 Å². The van der Waals surface area contributed by atoms with Crippen LogP contribution in [-0.2, 0) is 4.79 Å². The summed E-state index contributed by atoms with van der Waals surface area (Å²) < 4.78 is 11.4. The van der Waals surface area contributed by atoms with Crippen molar-refractivity contribution in [2.75, 3.05) is 7.11 Å². The van der Waals surface area contributed by atoms with Crippen molar-refractivity contribution < 1.29 is 14.3 Å². The van der Waals surface area contributed by atoms with Gasteiger partial charge < -0.3 is 9.47 Å². The average Bonchev–Trinajstić information content (AvgIpc) is 2.48. The molecule has 21 heavy (non-hydrogen) atoms. The molecule has 0 atom stereocenters. The van der Waals surface area contributed by atoms with Crippen LogP contribution in [-0.4, -0.2) is 13.1 Å². The van der Waals surface area contributed by atoms with Crippen molar-refractivity contribution in [3.63, 3.8) is 0 Å². The molecule has 4 heteroatoms. The predicted octanol–water partition coefficient (Wildman–Crippen LogP) is 4.38. The van der Waals surface area contributed by atoms with Crippen molar-refractivity contribution in [2.24, 2.45) is 0 Å². The lowest BCUT2D eigenvalue weighted by atomic mass is 10.2. The molecule has 3 nitrogen and oxygen atoms in total. The second-order valence-electron chi connectivity index (χ2n) is 4.45. The van der Waals surface area contributed by atoms with Crippen molar-refractivity contribution >= 4 is 28.0 Å². The Bertz CT molecular complexity index is 660. The molecule has 2 rings (SSSR count). The highest BCUT2D eigenvalue weighted by Crippen LogP contribution is 2.24. The molecule has 0 saturated heterocycles. The highest BCUT2D eigenvalue weighted by atomic mass is 79.9. The van der Waals surface area contributed by atoms with Gasteiger partial charge in [0, 0.05) is 16.1 Å². The molecule has 0 amide bonds. The van der Waals surface area contributed by atoms with Gasteiger partial charge in [-0.25, -0.2) is 4.79 Å². The van der Waals surface area contributed by atoms with Gasteiger partial charge in [0.05, 0.1) is 7.11 Å². The summed E-state index contributed by atoms with van der Waals surface area (Å²) in [5.74, 6) is 0.787. The highest BCUT2D eigenvalue weighted by Gasteiger charge is 2.03. The summed E-state index contributed by atoms with van der Waals surface area (Å²) in [6.45, 7) is 1.98. The Morgan fingerprint density at radius 1 is 1.14 bits per heavy atom. The Morgan fingerprint density at radius 3 is 2.52 bits per heavy atom. The molecule has 0 saturated carbocycles. The molecule has 0 radical (unpaired) electrons. The molecule has 0 heterocycles. The van der Waals surface area contributed by atoms with Crippen LogP contribution in [0.3, 0.4) is 0 Å². The largest absolute Gasteiger partial charge is 0.496 e. The van der Waals surface area contributed by atoms with E-state index in [-0.39, 0.29) is 0 Å². The van der Waals surface area contributed by atoms with Gasteiger partial charge in [-0.1, -0.05) is 33.6 Å². The zero-order valence-electron chi connectivity index (χ0n) is 11.8. The SMILES string of the molecule is COc1ccc(Br)cc1/C=C/C(=O)Oc1ccc(C)cc1. The lowest BCUT2D eigenvalue weighted by molar-refractivity contribution is -0.128. The second kappa shape index (κ2) is 7.09. The van der Waals surface area contributed by atoms with Crippen LogP contribution in [0.4, 0.5) is 0 Å². The van der Waals surface area contributed by atoms with Gasteiger partial charge in [0.15, 0.2) is 0 Å². The number of aryl methyl sites for hydroxylation is 1. The maximum absolute atomic E-state index is 11.8. The smallest absolute Gasteiger partial charge is 0.336 e. The summed E-state index contributed by atoms with van der Waals surface area (Å²) in [5.41, 5.74) is 1.91. The van der Waals surface area contributed by atoms with Crippen molar-refractivity contribution in [1.82, 2.24) is 0 Å². The number of esters is 1.